The minimum Gasteiger partial charge on any atom is -0.383 e. The van der Waals surface area contributed by atoms with Gasteiger partial charge in [0.05, 0.1) is 17.0 Å². The van der Waals surface area contributed by atoms with E-state index in [2.05, 4.69) is 15.9 Å². The minimum atomic E-state index is -0.857. The molecular formula is C12H14BrF2NO2. The molecule has 0 aliphatic rings. The van der Waals surface area contributed by atoms with E-state index >= 15 is 0 Å². The summed E-state index contributed by atoms with van der Waals surface area (Å²) in [7, 11) is 3.10. The quantitative estimate of drug-likeness (QED) is 0.780. The first-order chi connectivity index (χ1) is 8.45. The van der Waals surface area contributed by atoms with Gasteiger partial charge in [-0.25, -0.2) is 8.78 Å². The van der Waals surface area contributed by atoms with Gasteiger partial charge in [-0.15, -0.1) is 0 Å². The highest BCUT2D eigenvalue weighted by molar-refractivity contribution is 9.09. The number of halogens is 3. The fourth-order valence-electron chi connectivity index (χ4n) is 1.48. The first-order valence-corrected chi connectivity index (χ1v) is 6.20. The van der Waals surface area contributed by atoms with Crippen molar-refractivity contribution in [1.82, 2.24) is 4.90 Å². The average Bonchev–Trinajstić information content (AvgIpc) is 2.28. The summed E-state index contributed by atoms with van der Waals surface area (Å²) >= 11 is 3.34. The van der Waals surface area contributed by atoms with Crippen molar-refractivity contribution < 1.29 is 18.3 Å². The second-order valence-corrected chi connectivity index (χ2v) is 5.16. The molecule has 0 fully saturated rings. The molecule has 6 heteroatoms. The lowest BCUT2D eigenvalue weighted by Gasteiger charge is -2.20. The molecule has 0 saturated heterocycles. The standard InChI is InChI=1S/C12H14BrF2NO2/c1-16(6-8(13)7-18-2)12(17)10-4-3-9(14)5-11(10)15/h3-5,8H,6-7H2,1-2H3. The highest BCUT2D eigenvalue weighted by Crippen LogP contribution is 2.13. The molecule has 1 rings (SSSR count). The van der Waals surface area contributed by atoms with E-state index in [-0.39, 0.29) is 10.4 Å². The van der Waals surface area contributed by atoms with Crippen LogP contribution in [0.4, 0.5) is 8.78 Å². The van der Waals surface area contributed by atoms with Gasteiger partial charge in [0.2, 0.25) is 0 Å². The molecule has 100 valence electrons. The minimum absolute atomic E-state index is 0.0417. The number of methoxy groups -OCH3 is 1. The maximum atomic E-state index is 13.4. The van der Waals surface area contributed by atoms with E-state index in [9.17, 15) is 13.6 Å². The first kappa shape index (κ1) is 15.0. The molecule has 0 heterocycles. The van der Waals surface area contributed by atoms with Crippen LogP contribution in [0.25, 0.3) is 0 Å². The van der Waals surface area contributed by atoms with Crippen molar-refractivity contribution in [3.63, 3.8) is 0 Å². The molecule has 0 saturated carbocycles. The predicted molar refractivity (Wildman–Crippen MR) is 67.9 cm³/mol. The number of amides is 1. The van der Waals surface area contributed by atoms with Gasteiger partial charge in [-0.2, -0.15) is 0 Å². The Morgan fingerprint density at radius 3 is 2.72 bits per heavy atom. The van der Waals surface area contributed by atoms with Crippen molar-refractivity contribution in [2.75, 3.05) is 27.3 Å². The molecule has 0 N–H and O–H groups in total. The summed E-state index contributed by atoms with van der Waals surface area (Å²) in [5.74, 6) is -2.05. The molecule has 0 bridgehead atoms. The number of ether oxygens (including phenoxy) is 1. The number of carbonyl (C=O) groups is 1. The van der Waals surface area contributed by atoms with Gasteiger partial charge in [0.25, 0.3) is 5.91 Å². The van der Waals surface area contributed by atoms with Crippen molar-refractivity contribution >= 4 is 21.8 Å². The van der Waals surface area contributed by atoms with Crippen molar-refractivity contribution in [2.45, 2.75) is 4.83 Å². The number of hydrogen-bond donors (Lipinski definition) is 0. The van der Waals surface area contributed by atoms with Gasteiger partial charge in [-0.05, 0) is 12.1 Å². The number of benzene rings is 1. The lowest BCUT2D eigenvalue weighted by atomic mass is 10.2. The van der Waals surface area contributed by atoms with Crippen LogP contribution in [0.2, 0.25) is 0 Å². The smallest absolute Gasteiger partial charge is 0.256 e. The van der Waals surface area contributed by atoms with Crippen LogP contribution < -0.4 is 0 Å². The highest BCUT2D eigenvalue weighted by atomic mass is 79.9. The fraction of sp³-hybridized carbons (Fsp3) is 0.417. The fourth-order valence-corrected chi connectivity index (χ4v) is 2.18. The van der Waals surface area contributed by atoms with Gasteiger partial charge >= 0.3 is 0 Å². The summed E-state index contributed by atoms with van der Waals surface area (Å²) in [6, 6.07) is 2.90. The monoisotopic (exact) mass is 321 g/mol. The lowest BCUT2D eigenvalue weighted by molar-refractivity contribution is 0.0779. The Morgan fingerprint density at radius 2 is 2.17 bits per heavy atom. The predicted octanol–water partition coefficient (Wildman–Crippen LogP) is 2.45. The third-order valence-corrected chi connectivity index (χ3v) is 2.88. The van der Waals surface area contributed by atoms with Gasteiger partial charge in [-0.3, -0.25) is 4.79 Å². The van der Waals surface area contributed by atoms with E-state index in [4.69, 9.17) is 4.74 Å². The van der Waals surface area contributed by atoms with E-state index in [0.29, 0.717) is 19.2 Å². The van der Waals surface area contributed by atoms with Crippen molar-refractivity contribution in [3.8, 4) is 0 Å². The van der Waals surface area contributed by atoms with E-state index in [1.54, 1.807) is 14.2 Å². The van der Waals surface area contributed by atoms with E-state index in [0.717, 1.165) is 12.1 Å². The Morgan fingerprint density at radius 1 is 1.50 bits per heavy atom. The number of hydrogen-bond acceptors (Lipinski definition) is 2. The van der Waals surface area contributed by atoms with Crippen LogP contribution in [0.15, 0.2) is 18.2 Å². The largest absolute Gasteiger partial charge is 0.383 e. The van der Waals surface area contributed by atoms with E-state index in [1.165, 1.54) is 4.90 Å². The third-order valence-electron chi connectivity index (χ3n) is 2.33. The molecule has 0 spiro atoms. The molecule has 1 atom stereocenters. The molecule has 0 aliphatic carbocycles. The Hall–Kier alpha value is -1.01. The number of rotatable bonds is 5. The summed E-state index contributed by atoms with van der Waals surface area (Å²) in [5, 5.41) is 0. The summed E-state index contributed by atoms with van der Waals surface area (Å²) in [6.45, 7) is 0.799. The zero-order valence-corrected chi connectivity index (χ0v) is 11.7. The van der Waals surface area contributed by atoms with Crippen molar-refractivity contribution in [3.05, 3.63) is 35.4 Å². The van der Waals surface area contributed by atoms with Gasteiger partial charge in [0, 0.05) is 26.8 Å². The third kappa shape index (κ3) is 4.03. The summed E-state index contributed by atoms with van der Waals surface area (Å²) in [5.41, 5.74) is -0.143. The molecule has 1 unspecified atom stereocenters. The maximum absolute atomic E-state index is 13.4. The Labute approximate surface area is 113 Å². The lowest BCUT2D eigenvalue weighted by Crippen LogP contribution is -2.34. The number of alkyl halides is 1. The zero-order valence-electron chi connectivity index (χ0n) is 10.1. The summed E-state index contributed by atoms with van der Waals surface area (Å²) < 4.78 is 31.1. The first-order valence-electron chi connectivity index (χ1n) is 5.29. The molecule has 3 nitrogen and oxygen atoms in total. The van der Waals surface area contributed by atoms with Crippen LogP contribution in [-0.4, -0.2) is 42.9 Å². The Bertz CT molecular complexity index is 429. The van der Waals surface area contributed by atoms with Crippen LogP contribution in [0.3, 0.4) is 0 Å². The summed E-state index contributed by atoms with van der Waals surface area (Å²) in [4.78, 5) is 13.2. The Kier molecular flexibility index (Phi) is 5.68. The average molecular weight is 322 g/mol. The number of nitrogens with zero attached hydrogens (tertiary/aromatic N) is 1. The second-order valence-electron chi connectivity index (χ2n) is 3.86. The molecule has 0 aliphatic heterocycles. The summed E-state index contributed by atoms with van der Waals surface area (Å²) in [6.07, 6.45) is 0. The SMILES string of the molecule is COCC(Br)CN(C)C(=O)c1ccc(F)cc1F. The molecule has 18 heavy (non-hydrogen) atoms. The van der Waals surface area contributed by atoms with Crippen LogP contribution >= 0.6 is 15.9 Å². The molecule has 1 amide bonds. The Balaban J connectivity index is 2.74. The van der Waals surface area contributed by atoms with Crippen molar-refractivity contribution in [1.29, 1.82) is 0 Å². The topological polar surface area (TPSA) is 29.5 Å². The molecule has 1 aromatic carbocycles. The second kappa shape index (κ2) is 6.80. The van der Waals surface area contributed by atoms with Crippen LogP contribution in [-0.2, 0) is 4.74 Å². The van der Waals surface area contributed by atoms with Gasteiger partial charge in [-0.1, -0.05) is 15.9 Å². The molecule has 0 radical (unpaired) electrons. The normalized spacial score (nSPS) is 12.3. The van der Waals surface area contributed by atoms with Gasteiger partial charge in [0.15, 0.2) is 0 Å². The highest BCUT2D eigenvalue weighted by Gasteiger charge is 2.18. The maximum Gasteiger partial charge on any atom is 0.256 e. The molecule has 1 aromatic rings. The van der Waals surface area contributed by atoms with E-state index in [1.807, 2.05) is 0 Å². The van der Waals surface area contributed by atoms with Gasteiger partial charge in [0.1, 0.15) is 11.6 Å². The molecule has 0 aromatic heterocycles. The van der Waals surface area contributed by atoms with Gasteiger partial charge < -0.3 is 9.64 Å². The van der Waals surface area contributed by atoms with Crippen LogP contribution in [0.1, 0.15) is 10.4 Å². The van der Waals surface area contributed by atoms with Crippen LogP contribution in [0.5, 0.6) is 0 Å². The number of carbonyl (C=O) groups excluding carboxylic acids is 1. The zero-order chi connectivity index (χ0) is 13.7. The van der Waals surface area contributed by atoms with E-state index < -0.39 is 17.5 Å². The molecular weight excluding hydrogens is 308 g/mol. The van der Waals surface area contributed by atoms with Crippen LogP contribution in [0, 0.1) is 11.6 Å². The van der Waals surface area contributed by atoms with Crippen molar-refractivity contribution in [2.24, 2.45) is 0 Å².